The normalized spacial score (nSPS) is 12.5. The quantitative estimate of drug-likeness (QED) is 0.175. The molecule has 4 aromatic rings. The molecule has 0 unspecified atom stereocenters. The average molecular weight is 667 g/mol. The summed E-state index contributed by atoms with van der Waals surface area (Å²) in [5.41, 5.74) is 6.25. The maximum Gasteiger partial charge on any atom is 0.536 e. The Balaban J connectivity index is 1.83. The third-order valence-electron chi connectivity index (χ3n) is 8.07. The predicted octanol–water partition coefficient (Wildman–Crippen LogP) is 3.94. The van der Waals surface area contributed by atoms with E-state index in [2.05, 4.69) is 54.6 Å². The van der Waals surface area contributed by atoms with Gasteiger partial charge in [-0.2, -0.15) is 0 Å². The van der Waals surface area contributed by atoms with Crippen LogP contribution in [-0.4, -0.2) is 90.4 Å². The van der Waals surface area contributed by atoms with Crippen molar-refractivity contribution in [1.82, 2.24) is 0 Å². The van der Waals surface area contributed by atoms with Crippen LogP contribution in [0.2, 0.25) is 0 Å². The van der Waals surface area contributed by atoms with Crippen molar-refractivity contribution in [2.75, 3.05) is 64.0 Å². The van der Waals surface area contributed by atoms with E-state index in [1.807, 2.05) is 36.4 Å². The summed E-state index contributed by atoms with van der Waals surface area (Å²) in [6.45, 7) is 0. The van der Waals surface area contributed by atoms with Gasteiger partial charge in [-0.15, -0.1) is 0 Å². The zero-order valence-electron chi connectivity index (χ0n) is 27.3. The lowest BCUT2D eigenvalue weighted by molar-refractivity contribution is 0.140. The van der Waals surface area contributed by atoms with Gasteiger partial charge in [0.2, 0.25) is 0 Å². The fourth-order valence-corrected chi connectivity index (χ4v) is 10.9. The minimum absolute atomic E-state index is 0.880. The molecule has 0 amide bonds. The lowest BCUT2D eigenvalue weighted by Gasteiger charge is -2.25. The SMILES string of the molecule is CO[Si](OC)(OC)c1ccc(-c2cc(-c3ccc([Si](OC)(OC)OC)cc3)cc(-c3ccc([Si](OC)(OC)OC)cc3)c2)cc1. The molecule has 0 fully saturated rings. The molecule has 0 aliphatic rings. The summed E-state index contributed by atoms with van der Waals surface area (Å²) < 4.78 is 51.2. The van der Waals surface area contributed by atoms with Crippen molar-refractivity contribution in [2.45, 2.75) is 0 Å². The smallest absolute Gasteiger partial charge is 0.373 e. The van der Waals surface area contributed by atoms with Gasteiger partial charge in [-0.3, -0.25) is 0 Å². The average Bonchev–Trinajstić information content (AvgIpc) is 3.12. The Morgan fingerprint density at radius 1 is 0.267 bits per heavy atom. The lowest BCUT2D eigenvalue weighted by atomic mass is 9.93. The molecular weight excluding hydrogens is 625 g/mol. The maximum atomic E-state index is 5.68. The van der Waals surface area contributed by atoms with Crippen LogP contribution in [0.3, 0.4) is 0 Å². The van der Waals surface area contributed by atoms with Crippen LogP contribution in [0.15, 0.2) is 91.0 Å². The topological polar surface area (TPSA) is 83.1 Å². The van der Waals surface area contributed by atoms with E-state index in [-0.39, 0.29) is 0 Å². The van der Waals surface area contributed by atoms with E-state index in [0.717, 1.165) is 48.9 Å². The molecule has 45 heavy (non-hydrogen) atoms. The molecular formula is C33H42O9Si3. The van der Waals surface area contributed by atoms with Crippen LogP contribution in [-0.2, 0) is 39.8 Å². The predicted molar refractivity (Wildman–Crippen MR) is 182 cm³/mol. The van der Waals surface area contributed by atoms with Gasteiger partial charge in [0, 0.05) is 79.5 Å². The van der Waals surface area contributed by atoms with E-state index in [9.17, 15) is 0 Å². The lowest BCUT2D eigenvalue weighted by Crippen LogP contribution is -2.54. The summed E-state index contributed by atoms with van der Waals surface area (Å²) in [6, 6.07) is 30.9. The second kappa shape index (κ2) is 15.2. The monoisotopic (exact) mass is 666 g/mol. The molecule has 0 bridgehead atoms. The van der Waals surface area contributed by atoms with Gasteiger partial charge >= 0.3 is 26.4 Å². The Labute approximate surface area is 269 Å². The Hall–Kier alpha value is -2.83. The fourth-order valence-electron chi connectivity index (χ4n) is 5.54. The molecule has 0 saturated heterocycles. The second-order valence-corrected chi connectivity index (χ2v) is 18.8. The van der Waals surface area contributed by atoms with E-state index in [0.29, 0.717) is 0 Å². The molecule has 0 aromatic heterocycles. The van der Waals surface area contributed by atoms with Crippen LogP contribution in [0.1, 0.15) is 0 Å². The molecule has 0 aliphatic heterocycles. The highest BCUT2D eigenvalue weighted by atomic mass is 28.4. The van der Waals surface area contributed by atoms with E-state index in [1.165, 1.54) is 0 Å². The first-order valence-corrected chi connectivity index (χ1v) is 19.4. The van der Waals surface area contributed by atoms with Crippen molar-refractivity contribution in [2.24, 2.45) is 0 Å². The van der Waals surface area contributed by atoms with E-state index in [1.54, 1.807) is 64.0 Å². The van der Waals surface area contributed by atoms with Crippen LogP contribution in [0, 0.1) is 0 Å². The molecule has 12 heteroatoms. The molecule has 4 rings (SSSR count). The van der Waals surface area contributed by atoms with Gasteiger partial charge in [0.05, 0.1) is 0 Å². The standard InChI is InChI=1S/C33H42O9Si3/c1-34-43(35-2,36-3)31-16-10-25(11-17-31)28-22-29(26-12-18-32(19-13-26)44(37-4,38-5)39-6)24-30(23-28)27-14-20-33(21-15-27)45(40-7,41-8)42-9/h10-24H,1-9H3. The molecule has 0 heterocycles. The number of hydrogen-bond acceptors (Lipinski definition) is 9. The van der Waals surface area contributed by atoms with Gasteiger partial charge in [0.25, 0.3) is 0 Å². The summed E-state index contributed by atoms with van der Waals surface area (Å²) in [5, 5.41) is 2.64. The van der Waals surface area contributed by atoms with Crippen LogP contribution in [0.4, 0.5) is 0 Å². The fraction of sp³-hybridized carbons (Fsp3) is 0.273. The van der Waals surface area contributed by atoms with Crippen LogP contribution < -0.4 is 15.6 Å². The van der Waals surface area contributed by atoms with Crippen molar-refractivity contribution in [3.63, 3.8) is 0 Å². The maximum absolute atomic E-state index is 5.68. The first kappa shape index (κ1) is 35.0. The van der Waals surface area contributed by atoms with Gasteiger partial charge in [-0.25, -0.2) is 0 Å². The Morgan fingerprint density at radius 3 is 0.600 bits per heavy atom. The second-order valence-electron chi connectivity index (χ2n) is 10.0. The third kappa shape index (κ3) is 6.83. The van der Waals surface area contributed by atoms with Crippen molar-refractivity contribution in [3.8, 4) is 33.4 Å². The Kier molecular flexibility index (Phi) is 11.8. The van der Waals surface area contributed by atoms with Crippen LogP contribution in [0.5, 0.6) is 0 Å². The minimum atomic E-state index is -2.96. The van der Waals surface area contributed by atoms with Gasteiger partial charge < -0.3 is 39.8 Å². The number of rotatable bonds is 15. The van der Waals surface area contributed by atoms with Gasteiger partial charge in [0.1, 0.15) is 0 Å². The summed E-state index contributed by atoms with van der Waals surface area (Å²) in [4.78, 5) is 0. The zero-order chi connectivity index (χ0) is 32.7. The van der Waals surface area contributed by atoms with E-state index in [4.69, 9.17) is 39.8 Å². The summed E-state index contributed by atoms with van der Waals surface area (Å²) >= 11 is 0. The van der Waals surface area contributed by atoms with E-state index < -0.39 is 26.4 Å². The highest BCUT2D eigenvalue weighted by Gasteiger charge is 2.42. The molecule has 0 radical (unpaired) electrons. The molecule has 9 nitrogen and oxygen atoms in total. The van der Waals surface area contributed by atoms with Crippen LogP contribution >= 0.6 is 0 Å². The molecule has 0 spiro atoms. The molecule has 0 aliphatic carbocycles. The summed E-state index contributed by atoms with van der Waals surface area (Å²) in [6.07, 6.45) is 0. The number of hydrogen-bond donors (Lipinski definition) is 0. The Bertz CT molecular complexity index is 1300. The molecule has 0 saturated carbocycles. The highest BCUT2D eigenvalue weighted by molar-refractivity contribution is 6.76. The highest BCUT2D eigenvalue weighted by Crippen LogP contribution is 2.33. The van der Waals surface area contributed by atoms with Crippen molar-refractivity contribution in [1.29, 1.82) is 0 Å². The summed E-state index contributed by atoms with van der Waals surface area (Å²) in [7, 11) is 5.59. The molecule has 0 atom stereocenters. The molecule has 0 N–H and O–H groups in total. The number of benzene rings is 4. The van der Waals surface area contributed by atoms with Crippen molar-refractivity contribution < 1.29 is 39.8 Å². The van der Waals surface area contributed by atoms with E-state index >= 15 is 0 Å². The minimum Gasteiger partial charge on any atom is -0.373 e. The van der Waals surface area contributed by atoms with Crippen LogP contribution in [0.25, 0.3) is 33.4 Å². The van der Waals surface area contributed by atoms with Gasteiger partial charge in [0.15, 0.2) is 0 Å². The molecule has 240 valence electrons. The first-order valence-electron chi connectivity index (χ1n) is 14.2. The molecule has 4 aromatic carbocycles. The largest absolute Gasteiger partial charge is 0.536 e. The first-order chi connectivity index (χ1) is 21.8. The summed E-state index contributed by atoms with van der Waals surface area (Å²) in [5.74, 6) is 0. The van der Waals surface area contributed by atoms with Gasteiger partial charge in [-0.05, 0) is 51.6 Å². The van der Waals surface area contributed by atoms with Gasteiger partial charge in [-0.1, -0.05) is 72.8 Å². The third-order valence-corrected chi connectivity index (χ3v) is 16.0. The van der Waals surface area contributed by atoms with Crippen molar-refractivity contribution in [3.05, 3.63) is 91.0 Å². The Morgan fingerprint density at radius 2 is 0.444 bits per heavy atom. The zero-order valence-corrected chi connectivity index (χ0v) is 30.3. The van der Waals surface area contributed by atoms with Crippen molar-refractivity contribution >= 4 is 42.0 Å².